The van der Waals surface area contributed by atoms with Crippen LogP contribution in [0, 0.1) is 0 Å². The molecule has 0 radical (unpaired) electrons. The van der Waals surface area contributed by atoms with Crippen LogP contribution in [-0.2, 0) is 27.5 Å². The number of amides is 1. The van der Waals surface area contributed by atoms with Gasteiger partial charge in [0.1, 0.15) is 21.6 Å². The van der Waals surface area contributed by atoms with Crippen LogP contribution in [0.5, 0.6) is 0 Å². The minimum absolute atomic E-state index is 0.0234. The molecule has 1 aliphatic heterocycles. The van der Waals surface area contributed by atoms with Gasteiger partial charge in [-0.15, -0.1) is 11.3 Å². The van der Waals surface area contributed by atoms with Gasteiger partial charge in [0, 0.05) is 12.1 Å². The first-order valence-corrected chi connectivity index (χ1v) is 13.2. The minimum Gasteiger partial charge on any atom is -0.349 e. The molecule has 14 heteroatoms. The molecule has 1 fully saturated rings. The van der Waals surface area contributed by atoms with Crippen molar-refractivity contribution in [2.75, 3.05) is 6.54 Å². The maximum absolute atomic E-state index is 13.1. The lowest BCUT2D eigenvalue weighted by Crippen LogP contribution is -2.45. The molecule has 0 spiro atoms. The molecule has 1 aliphatic rings. The average molecular weight is 565 g/mol. The van der Waals surface area contributed by atoms with E-state index in [-0.39, 0.29) is 26.7 Å². The van der Waals surface area contributed by atoms with E-state index in [1.165, 1.54) is 24.5 Å². The van der Waals surface area contributed by atoms with Crippen molar-refractivity contribution in [1.82, 2.24) is 19.6 Å². The molecular formula is C21H17Cl2F3N4O3S2. The molecule has 186 valence electrons. The lowest BCUT2D eigenvalue weighted by atomic mass is 10.1. The molecule has 1 amide bonds. The van der Waals surface area contributed by atoms with Gasteiger partial charge < -0.3 is 5.32 Å². The molecule has 7 nitrogen and oxygen atoms in total. The number of hydrogen-bond acceptors (Lipinski definition) is 6. The smallest absolute Gasteiger partial charge is 0.349 e. The number of carbonyl (C=O) groups is 1. The Morgan fingerprint density at radius 3 is 2.51 bits per heavy atom. The van der Waals surface area contributed by atoms with Gasteiger partial charge in [-0.25, -0.2) is 18.4 Å². The molecule has 3 heterocycles. The Balaban J connectivity index is 1.45. The summed E-state index contributed by atoms with van der Waals surface area (Å²) in [5, 5.41) is 2.68. The second kappa shape index (κ2) is 10.0. The SMILES string of the molecule is O=C(NCc1cc(-c2ccc(C(F)(F)F)cc2)ncn1)C1CCCN1S(=O)(=O)c1cc(Cl)sc1Cl. The minimum atomic E-state index is -4.44. The number of alkyl halides is 3. The van der Waals surface area contributed by atoms with E-state index in [2.05, 4.69) is 15.3 Å². The van der Waals surface area contributed by atoms with Gasteiger partial charge in [-0.05, 0) is 37.1 Å². The highest BCUT2D eigenvalue weighted by Crippen LogP contribution is 2.38. The van der Waals surface area contributed by atoms with Gasteiger partial charge in [0.05, 0.1) is 27.8 Å². The van der Waals surface area contributed by atoms with E-state index >= 15 is 0 Å². The number of nitrogens with zero attached hydrogens (tertiary/aromatic N) is 3. The molecule has 2 aromatic heterocycles. The molecule has 1 N–H and O–H groups in total. The average Bonchev–Trinajstić information content (AvgIpc) is 3.44. The summed E-state index contributed by atoms with van der Waals surface area (Å²) in [6.07, 6.45) is -2.37. The Morgan fingerprint density at radius 2 is 1.89 bits per heavy atom. The van der Waals surface area contributed by atoms with Crippen LogP contribution in [0.3, 0.4) is 0 Å². The number of halogens is 5. The van der Waals surface area contributed by atoms with Gasteiger partial charge in [-0.1, -0.05) is 35.3 Å². The highest BCUT2D eigenvalue weighted by atomic mass is 35.5. The zero-order valence-corrected chi connectivity index (χ0v) is 20.9. The van der Waals surface area contributed by atoms with Gasteiger partial charge in [0.15, 0.2) is 0 Å². The maximum atomic E-state index is 13.1. The second-order valence-electron chi connectivity index (χ2n) is 7.65. The maximum Gasteiger partial charge on any atom is 0.416 e. The fourth-order valence-electron chi connectivity index (χ4n) is 3.69. The number of benzene rings is 1. The molecule has 4 rings (SSSR count). The number of thiophene rings is 1. The van der Waals surface area contributed by atoms with Crippen molar-refractivity contribution in [3.8, 4) is 11.3 Å². The largest absolute Gasteiger partial charge is 0.416 e. The van der Waals surface area contributed by atoms with Gasteiger partial charge in [0.25, 0.3) is 0 Å². The zero-order chi connectivity index (χ0) is 25.4. The summed E-state index contributed by atoms with van der Waals surface area (Å²) in [6.45, 7) is 0.139. The van der Waals surface area contributed by atoms with E-state index < -0.39 is 33.7 Å². The van der Waals surface area contributed by atoms with Crippen molar-refractivity contribution >= 4 is 50.5 Å². The predicted octanol–water partition coefficient (Wildman–Crippen LogP) is 5.00. The van der Waals surface area contributed by atoms with Crippen molar-refractivity contribution in [1.29, 1.82) is 0 Å². The second-order valence-corrected chi connectivity index (χ2v) is 11.8. The number of carbonyl (C=O) groups excluding carboxylic acids is 1. The highest BCUT2D eigenvalue weighted by molar-refractivity contribution is 7.89. The molecule has 1 unspecified atom stereocenters. The first kappa shape index (κ1) is 25.8. The quantitative estimate of drug-likeness (QED) is 0.454. The molecule has 1 atom stereocenters. The third-order valence-electron chi connectivity index (χ3n) is 5.39. The van der Waals surface area contributed by atoms with E-state index in [0.29, 0.717) is 29.8 Å². The van der Waals surface area contributed by atoms with E-state index in [0.717, 1.165) is 27.8 Å². The third kappa shape index (κ3) is 5.61. The van der Waals surface area contributed by atoms with E-state index in [4.69, 9.17) is 23.2 Å². The zero-order valence-electron chi connectivity index (χ0n) is 17.7. The molecule has 0 aliphatic carbocycles. The summed E-state index contributed by atoms with van der Waals surface area (Å²) in [5.74, 6) is -0.502. The Bertz CT molecular complexity index is 1350. The first-order valence-electron chi connectivity index (χ1n) is 10.2. The van der Waals surface area contributed by atoms with Crippen LogP contribution in [0.25, 0.3) is 11.3 Å². The van der Waals surface area contributed by atoms with Crippen LogP contribution >= 0.6 is 34.5 Å². The van der Waals surface area contributed by atoms with E-state index in [1.807, 2.05) is 0 Å². The van der Waals surface area contributed by atoms with Crippen LogP contribution in [0.2, 0.25) is 8.67 Å². The standard InChI is InChI=1S/C21H17Cl2F3N4O3S2/c22-18-9-17(19(23)34-18)35(32,33)30-7-1-2-16(30)20(31)27-10-14-8-15(29-11-28-14)12-3-5-13(6-4-12)21(24,25)26/h3-6,8-9,11,16H,1-2,7,10H2,(H,27,31). The van der Waals surface area contributed by atoms with Crippen LogP contribution in [-0.4, -0.2) is 41.2 Å². The van der Waals surface area contributed by atoms with Crippen LogP contribution in [0.15, 0.2) is 47.6 Å². The summed E-state index contributed by atoms with van der Waals surface area (Å²) in [5.41, 5.74) is 0.465. The van der Waals surface area contributed by atoms with Crippen molar-refractivity contribution < 1.29 is 26.4 Å². The lowest BCUT2D eigenvalue weighted by Gasteiger charge is -2.23. The molecule has 0 saturated carbocycles. The van der Waals surface area contributed by atoms with Gasteiger partial charge in [0.2, 0.25) is 15.9 Å². The first-order chi connectivity index (χ1) is 16.5. The van der Waals surface area contributed by atoms with Crippen LogP contribution < -0.4 is 5.32 Å². The molecule has 1 aromatic carbocycles. The molecular weight excluding hydrogens is 548 g/mol. The van der Waals surface area contributed by atoms with Gasteiger partial charge in [-0.3, -0.25) is 4.79 Å². The summed E-state index contributed by atoms with van der Waals surface area (Å²) in [7, 11) is -4.02. The van der Waals surface area contributed by atoms with Gasteiger partial charge in [-0.2, -0.15) is 17.5 Å². The van der Waals surface area contributed by atoms with Crippen LogP contribution in [0.1, 0.15) is 24.1 Å². The number of nitrogens with one attached hydrogen (secondary N) is 1. The fraction of sp³-hybridized carbons (Fsp3) is 0.286. The fourth-order valence-corrected chi connectivity index (χ4v) is 7.47. The van der Waals surface area contributed by atoms with Crippen molar-refractivity contribution in [2.45, 2.75) is 36.5 Å². The summed E-state index contributed by atoms with van der Waals surface area (Å²) in [6, 6.07) is 6.40. The van der Waals surface area contributed by atoms with Crippen molar-refractivity contribution in [3.05, 3.63) is 62.7 Å². The van der Waals surface area contributed by atoms with E-state index in [1.54, 1.807) is 6.07 Å². The van der Waals surface area contributed by atoms with E-state index in [9.17, 15) is 26.4 Å². The number of sulfonamides is 1. The summed E-state index contributed by atoms with van der Waals surface area (Å²) in [4.78, 5) is 20.9. The summed E-state index contributed by atoms with van der Waals surface area (Å²) >= 11 is 12.8. The Morgan fingerprint density at radius 1 is 1.17 bits per heavy atom. The molecule has 1 saturated heterocycles. The van der Waals surface area contributed by atoms with Crippen molar-refractivity contribution in [2.24, 2.45) is 0 Å². The highest BCUT2D eigenvalue weighted by Gasteiger charge is 2.40. The molecule has 35 heavy (non-hydrogen) atoms. The Hall–Kier alpha value is -2.25. The Labute approximate surface area is 213 Å². The topological polar surface area (TPSA) is 92.3 Å². The van der Waals surface area contributed by atoms with Gasteiger partial charge >= 0.3 is 6.18 Å². The number of hydrogen-bond donors (Lipinski definition) is 1. The summed E-state index contributed by atoms with van der Waals surface area (Å²) < 4.78 is 65.9. The lowest BCUT2D eigenvalue weighted by molar-refractivity contribution is -0.137. The third-order valence-corrected chi connectivity index (χ3v) is 9.05. The van der Waals surface area contributed by atoms with Crippen molar-refractivity contribution in [3.63, 3.8) is 0 Å². The van der Waals surface area contributed by atoms with Crippen LogP contribution in [0.4, 0.5) is 13.2 Å². The molecule has 3 aromatic rings. The predicted molar refractivity (Wildman–Crippen MR) is 126 cm³/mol. The monoisotopic (exact) mass is 564 g/mol. The molecule has 0 bridgehead atoms. The normalized spacial score (nSPS) is 17.0. The Kier molecular flexibility index (Phi) is 7.39. The number of aromatic nitrogens is 2. The number of rotatable bonds is 6.